The standard InChI is InChI=1S/C26H32N6O2.ClH/c27-21(13-17-15-31-23-9-3-1-7-19(17)23)25(33)29-11-5-6-12-30-26(34)22(28)14-18-16-32-24-10-4-2-8-20(18)24;/h1-4,7-10,15-16,21-22,31-32H,5-6,11-14,27-28H2,(H,29,33)(H,30,34);1H. The lowest BCUT2D eigenvalue weighted by Crippen LogP contribution is -2.43. The van der Waals surface area contributed by atoms with Crippen molar-refractivity contribution in [2.75, 3.05) is 13.1 Å². The minimum Gasteiger partial charge on any atom is -0.361 e. The molecule has 2 aromatic heterocycles. The second-order valence-electron chi connectivity index (χ2n) is 8.63. The normalized spacial score (nSPS) is 12.7. The van der Waals surface area contributed by atoms with Gasteiger partial charge in [0, 0.05) is 47.3 Å². The Morgan fingerprint density at radius 3 is 1.54 bits per heavy atom. The summed E-state index contributed by atoms with van der Waals surface area (Å²) >= 11 is 0. The highest BCUT2D eigenvalue weighted by atomic mass is 35.5. The lowest BCUT2D eigenvalue weighted by Gasteiger charge is -2.13. The maximum Gasteiger partial charge on any atom is 0.237 e. The van der Waals surface area contributed by atoms with Crippen molar-refractivity contribution in [3.05, 3.63) is 72.1 Å². The fourth-order valence-corrected chi connectivity index (χ4v) is 4.20. The number of fused-ring (bicyclic) bond motifs is 2. The molecule has 0 aliphatic carbocycles. The molecule has 0 bridgehead atoms. The van der Waals surface area contributed by atoms with Crippen LogP contribution in [0, 0.1) is 0 Å². The number of carbonyl (C=O) groups excluding carboxylic acids is 2. The summed E-state index contributed by atoms with van der Waals surface area (Å²) < 4.78 is 0. The average Bonchev–Trinajstić information content (AvgIpc) is 3.45. The molecule has 0 saturated carbocycles. The number of rotatable bonds is 11. The molecule has 2 heterocycles. The number of aromatic nitrogens is 2. The minimum atomic E-state index is -0.610. The van der Waals surface area contributed by atoms with Gasteiger partial charge in [0.15, 0.2) is 0 Å². The van der Waals surface area contributed by atoms with E-state index in [1.54, 1.807) is 0 Å². The number of hydrogen-bond acceptors (Lipinski definition) is 4. The molecule has 2 unspecified atom stereocenters. The number of para-hydroxylation sites is 2. The molecular formula is C26H33ClN6O2. The molecular weight excluding hydrogens is 464 g/mol. The first kappa shape index (κ1) is 26.3. The van der Waals surface area contributed by atoms with Gasteiger partial charge in [0.05, 0.1) is 12.1 Å². The van der Waals surface area contributed by atoms with Gasteiger partial charge in [-0.15, -0.1) is 12.4 Å². The summed E-state index contributed by atoms with van der Waals surface area (Å²) in [6.45, 7) is 1.02. The second kappa shape index (κ2) is 12.4. The Balaban J connectivity index is 0.00000342. The smallest absolute Gasteiger partial charge is 0.237 e. The van der Waals surface area contributed by atoms with Gasteiger partial charge in [0.2, 0.25) is 11.8 Å². The van der Waals surface area contributed by atoms with E-state index in [9.17, 15) is 9.59 Å². The molecule has 0 saturated heterocycles. The van der Waals surface area contributed by atoms with Gasteiger partial charge in [-0.2, -0.15) is 0 Å². The molecule has 8 nitrogen and oxygen atoms in total. The molecule has 0 aliphatic rings. The summed E-state index contributed by atoms with van der Waals surface area (Å²) in [6, 6.07) is 14.7. The number of H-pyrrole nitrogens is 2. The van der Waals surface area contributed by atoms with Gasteiger partial charge in [-0.25, -0.2) is 0 Å². The van der Waals surface area contributed by atoms with Crippen molar-refractivity contribution in [1.82, 2.24) is 20.6 Å². The predicted molar refractivity (Wildman–Crippen MR) is 142 cm³/mol. The van der Waals surface area contributed by atoms with Crippen LogP contribution >= 0.6 is 12.4 Å². The molecule has 0 spiro atoms. The maximum absolute atomic E-state index is 12.3. The molecule has 9 heteroatoms. The van der Waals surface area contributed by atoms with Gasteiger partial charge in [-0.1, -0.05) is 36.4 Å². The molecule has 0 radical (unpaired) electrons. The van der Waals surface area contributed by atoms with Crippen molar-refractivity contribution >= 4 is 46.0 Å². The minimum absolute atomic E-state index is 0. The molecule has 35 heavy (non-hydrogen) atoms. The molecule has 0 aliphatic heterocycles. The van der Waals surface area contributed by atoms with Crippen molar-refractivity contribution in [2.45, 2.75) is 37.8 Å². The molecule has 2 atom stereocenters. The van der Waals surface area contributed by atoms with E-state index in [4.69, 9.17) is 11.5 Å². The van der Waals surface area contributed by atoms with E-state index in [0.29, 0.717) is 25.9 Å². The zero-order valence-corrected chi connectivity index (χ0v) is 20.4. The number of nitrogens with one attached hydrogen (secondary N) is 4. The number of amides is 2. The van der Waals surface area contributed by atoms with Crippen LogP contribution in [0.1, 0.15) is 24.0 Å². The second-order valence-corrected chi connectivity index (χ2v) is 8.63. The van der Waals surface area contributed by atoms with E-state index < -0.39 is 12.1 Å². The highest BCUT2D eigenvalue weighted by Gasteiger charge is 2.17. The van der Waals surface area contributed by atoms with Crippen molar-refractivity contribution in [3.8, 4) is 0 Å². The van der Waals surface area contributed by atoms with Crippen LogP contribution in [0.2, 0.25) is 0 Å². The van der Waals surface area contributed by atoms with Crippen LogP contribution in [0.15, 0.2) is 60.9 Å². The first-order valence-electron chi connectivity index (χ1n) is 11.7. The molecule has 186 valence electrons. The summed E-state index contributed by atoms with van der Waals surface area (Å²) in [5.74, 6) is -0.342. The lowest BCUT2D eigenvalue weighted by atomic mass is 10.0. The van der Waals surface area contributed by atoms with Crippen LogP contribution < -0.4 is 22.1 Å². The predicted octanol–water partition coefficient (Wildman–Crippen LogP) is 2.52. The van der Waals surface area contributed by atoms with Crippen LogP contribution in [0.3, 0.4) is 0 Å². The number of halogens is 1. The number of hydrogen-bond donors (Lipinski definition) is 6. The van der Waals surface area contributed by atoms with Crippen LogP contribution in [-0.2, 0) is 22.4 Å². The molecule has 4 aromatic rings. The van der Waals surface area contributed by atoms with Gasteiger partial charge in [0.1, 0.15) is 0 Å². The zero-order valence-electron chi connectivity index (χ0n) is 19.6. The van der Waals surface area contributed by atoms with E-state index in [-0.39, 0.29) is 24.2 Å². The van der Waals surface area contributed by atoms with Crippen molar-refractivity contribution in [1.29, 1.82) is 0 Å². The lowest BCUT2D eigenvalue weighted by molar-refractivity contribution is -0.123. The summed E-state index contributed by atoms with van der Waals surface area (Å²) in [5.41, 5.74) is 16.3. The Morgan fingerprint density at radius 2 is 1.11 bits per heavy atom. The number of unbranched alkanes of at least 4 members (excludes halogenated alkanes) is 1. The Kier molecular flexibility index (Phi) is 9.31. The molecule has 2 aromatic carbocycles. The van der Waals surface area contributed by atoms with Gasteiger partial charge in [-0.05, 0) is 48.9 Å². The summed E-state index contributed by atoms with van der Waals surface area (Å²) in [5, 5.41) is 7.95. The highest BCUT2D eigenvalue weighted by Crippen LogP contribution is 2.19. The van der Waals surface area contributed by atoms with E-state index in [0.717, 1.165) is 45.8 Å². The van der Waals surface area contributed by atoms with E-state index >= 15 is 0 Å². The quantitative estimate of drug-likeness (QED) is 0.177. The SMILES string of the molecule is Cl.NC(Cc1c[nH]c2ccccc12)C(=O)NCCCCNC(=O)C(N)Cc1c[nH]c2ccccc12. The van der Waals surface area contributed by atoms with Crippen molar-refractivity contribution < 1.29 is 9.59 Å². The van der Waals surface area contributed by atoms with Crippen molar-refractivity contribution in [2.24, 2.45) is 11.5 Å². The fourth-order valence-electron chi connectivity index (χ4n) is 4.20. The Morgan fingerprint density at radius 1 is 0.714 bits per heavy atom. The first-order chi connectivity index (χ1) is 16.5. The van der Waals surface area contributed by atoms with Gasteiger partial charge < -0.3 is 32.1 Å². The van der Waals surface area contributed by atoms with Gasteiger partial charge in [-0.3, -0.25) is 9.59 Å². The van der Waals surface area contributed by atoms with Crippen molar-refractivity contribution in [3.63, 3.8) is 0 Å². The Bertz CT molecular complexity index is 1170. The largest absolute Gasteiger partial charge is 0.361 e. The monoisotopic (exact) mass is 496 g/mol. The van der Waals surface area contributed by atoms with E-state index in [1.165, 1.54) is 0 Å². The molecule has 8 N–H and O–H groups in total. The fraction of sp³-hybridized carbons (Fsp3) is 0.308. The Labute approximate surface area is 210 Å². The van der Waals surface area contributed by atoms with E-state index in [1.807, 2.05) is 60.9 Å². The Hall–Kier alpha value is -3.33. The zero-order chi connectivity index (χ0) is 23.9. The topological polar surface area (TPSA) is 142 Å². The third-order valence-electron chi connectivity index (χ3n) is 6.11. The average molecular weight is 497 g/mol. The third kappa shape index (κ3) is 6.63. The van der Waals surface area contributed by atoms with Gasteiger partial charge >= 0.3 is 0 Å². The van der Waals surface area contributed by atoms with Crippen LogP contribution in [-0.4, -0.2) is 47.0 Å². The van der Waals surface area contributed by atoms with E-state index in [2.05, 4.69) is 20.6 Å². The summed E-state index contributed by atoms with van der Waals surface area (Å²) in [4.78, 5) is 31.1. The molecule has 0 fully saturated rings. The summed E-state index contributed by atoms with van der Waals surface area (Å²) in [7, 11) is 0. The highest BCUT2D eigenvalue weighted by molar-refractivity contribution is 5.87. The van der Waals surface area contributed by atoms with Crippen LogP contribution in [0.25, 0.3) is 21.8 Å². The number of aromatic amines is 2. The molecule has 4 rings (SSSR count). The van der Waals surface area contributed by atoms with Crippen LogP contribution in [0.5, 0.6) is 0 Å². The first-order valence-corrected chi connectivity index (χ1v) is 11.7. The summed E-state index contributed by atoms with van der Waals surface area (Å²) in [6.07, 6.45) is 6.24. The number of nitrogens with two attached hydrogens (primary N) is 2. The van der Waals surface area contributed by atoms with Gasteiger partial charge in [0.25, 0.3) is 0 Å². The van der Waals surface area contributed by atoms with Crippen LogP contribution in [0.4, 0.5) is 0 Å². The maximum atomic E-state index is 12.3. The number of carbonyl (C=O) groups is 2. The third-order valence-corrected chi connectivity index (χ3v) is 6.11. The number of benzene rings is 2. The molecule has 2 amide bonds.